The molecule has 0 aromatic carbocycles. The van der Waals surface area contributed by atoms with Crippen LogP contribution in [0.3, 0.4) is 0 Å². The van der Waals surface area contributed by atoms with E-state index in [0.29, 0.717) is 13.2 Å². The van der Waals surface area contributed by atoms with Gasteiger partial charge in [0.25, 0.3) is 0 Å². The lowest BCUT2D eigenvalue weighted by Gasteiger charge is -2.06. The Kier molecular flexibility index (Phi) is 19.7. The highest BCUT2D eigenvalue weighted by Crippen LogP contribution is 2.10. The monoisotopic (exact) mass is 342 g/mol. The molecule has 0 fully saturated rings. The minimum absolute atomic E-state index is 0.486. The standard InChI is InChI=1S/C21H42O3/c1-3-5-7-9-11-12-14-16-18-20-24-21(22)23-19-17-15-13-10-8-6-4-2/h3-20H2,1-2H3. The second-order valence-electron chi connectivity index (χ2n) is 6.90. The lowest BCUT2D eigenvalue weighted by atomic mass is 10.1. The van der Waals surface area contributed by atoms with Gasteiger partial charge in [0, 0.05) is 0 Å². The van der Waals surface area contributed by atoms with Crippen molar-refractivity contribution in [3.8, 4) is 0 Å². The van der Waals surface area contributed by atoms with E-state index in [-0.39, 0.29) is 0 Å². The van der Waals surface area contributed by atoms with E-state index in [2.05, 4.69) is 13.8 Å². The van der Waals surface area contributed by atoms with Gasteiger partial charge in [0.2, 0.25) is 0 Å². The van der Waals surface area contributed by atoms with Crippen molar-refractivity contribution < 1.29 is 14.3 Å². The molecule has 0 rings (SSSR count). The topological polar surface area (TPSA) is 35.5 Å². The van der Waals surface area contributed by atoms with Crippen LogP contribution in [0.15, 0.2) is 0 Å². The van der Waals surface area contributed by atoms with Crippen LogP contribution in [0.25, 0.3) is 0 Å². The molecule has 0 heterocycles. The maximum atomic E-state index is 11.4. The molecule has 3 nitrogen and oxygen atoms in total. The van der Waals surface area contributed by atoms with Crippen molar-refractivity contribution in [3.63, 3.8) is 0 Å². The van der Waals surface area contributed by atoms with E-state index in [0.717, 1.165) is 25.7 Å². The van der Waals surface area contributed by atoms with E-state index in [1.165, 1.54) is 77.0 Å². The van der Waals surface area contributed by atoms with Crippen molar-refractivity contribution in [3.05, 3.63) is 0 Å². The summed E-state index contributed by atoms with van der Waals surface area (Å²) in [5.74, 6) is 0. The summed E-state index contributed by atoms with van der Waals surface area (Å²) in [6.07, 6.45) is 19.6. The molecule has 0 radical (unpaired) electrons. The molecule has 0 aromatic rings. The van der Waals surface area contributed by atoms with Crippen molar-refractivity contribution in [1.29, 1.82) is 0 Å². The van der Waals surface area contributed by atoms with E-state index in [1.807, 2.05) is 0 Å². The van der Waals surface area contributed by atoms with E-state index >= 15 is 0 Å². The van der Waals surface area contributed by atoms with Crippen LogP contribution < -0.4 is 0 Å². The zero-order valence-electron chi connectivity index (χ0n) is 16.5. The van der Waals surface area contributed by atoms with Crippen molar-refractivity contribution in [2.45, 2.75) is 117 Å². The summed E-state index contributed by atoms with van der Waals surface area (Å²) in [5.41, 5.74) is 0. The molecule has 3 heteroatoms. The second-order valence-corrected chi connectivity index (χ2v) is 6.90. The second kappa shape index (κ2) is 20.3. The van der Waals surface area contributed by atoms with Gasteiger partial charge in [-0.15, -0.1) is 0 Å². The molecule has 0 spiro atoms. The van der Waals surface area contributed by atoms with Gasteiger partial charge < -0.3 is 9.47 Å². The van der Waals surface area contributed by atoms with Gasteiger partial charge in [-0.1, -0.05) is 104 Å². The van der Waals surface area contributed by atoms with E-state index < -0.39 is 6.16 Å². The Morgan fingerprint density at radius 1 is 0.500 bits per heavy atom. The number of hydrogen-bond donors (Lipinski definition) is 0. The Hall–Kier alpha value is -0.730. The van der Waals surface area contributed by atoms with Crippen LogP contribution in [0, 0.1) is 0 Å². The molecule has 24 heavy (non-hydrogen) atoms. The number of unbranched alkanes of at least 4 members (excludes halogenated alkanes) is 14. The Morgan fingerprint density at radius 3 is 1.12 bits per heavy atom. The summed E-state index contributed by atoms with van der Waals surface area (Å²) >= 11 is 0. The summed E-state index contributed by atoms with van der Waals surface area (Å²) in [6, 6.07) is 0. The Bertz CT molecular complexity index is 253. The SMILES string of the molecule is CCCCCCCCCCCOC(=O)OCCCCCCCCC. The molecule has 0 saturated heterocycles. The van der Waals surface area contributed by atoms with Crippen LogP contribution in [0.5, 0.6) is 0 Å². The maximum absolute atomic E-state index is 11.4. The first-order valence-corrected chi connectivity index (χ1v) is 10.6. The van der Waals surface area contributed by atoms with Crippen LogP contribution in [-0.4, -0.2) is 19.4 Å². The van der Waals surface area contributed by atoms with Gasteiger partial charge in [0.15, 0.2) is 0 Å². The first kappa shape index (κ1) is 23.3. The largest absolute Gasteiger partial charge is 0.508 e. The molecule has 0 aliphatic carbocycles. The van der Waals surface area contributed by atoms with Gasteiger partial charge in [-0.2, -0.15) is 0 Å². The fourth-order valence-electron chi connectivity index (χ4n) is 2.82. The molecule has 0 atom stereocenters. The highest BCUT2D eigenvalue weighted by molar-refractivity contribution is 5.59. The lowest BCUT2D eigenvalue weighted by Crippen LogP contribution is -2.09. The zero-order chi connectivity index (χ0) is 17.7. The fourth-order valence-corrected chi connectivity index (χ4v) is 2.82. The summed E-state index contributed by atoms with van der Waals surface area (Å²) in [4.78, 5) is 11.4. The zero-order valence-corrected chi connectivity index (χ0v) is 16.5. The number of carbonyl (C=O) groups is 1. The van der Waals surface area contributed by atoms with Crippen LogP contribution in [-0.2, 0) is 9.47 Å². The van der Waals surface area contributed by atoms with Gasteiger partial charge in [-0.3, -0.25) is 0 Å². The molecule has 0 aliphatic heterocycles. The summed E-state index contributed by atoms with van der Waals surface area (Å²) < 4.78 is 10.2. The van der Waals surface area contributed by atoms with Crippen LogP contribution in [0.2, 0.25) is 0 Å². The van der Waals surface area contributed by atoms with Crippen molar-refractivity contribution in [1.82, 2.24) is 0 Å². The van der Waals surface area contributed by atoms with E-state index in [4.69, 9.17) is 9.47 Å². The smallest absolute Gasteiger partial charge is 0.434 e. The summed E-state index contributed by atoms with van der Waals surface area (Å²) in [6.45, 7) is 5.49. The summed E-state index contributed by atoms with van der Waals surface area (Å²) in [7, 11) is 0. The molecule has 0 unspecified atom stereocenters. The molecular weight excluding hydrogens is 300 g/mol. The molecule has 0 bridgehead atoms. The molecular formula is C21H42O3. The summed E-state index contributed by atoms with van der Waals surface area (Å²) in [5, 5.41) is 0. The Labute approximate surface area is 150 Å². The third-order valence-corrected chi connectivity index (χ3v) is 4.44. The molecule has 0 N–H and O–H groups in total. The van der Waals surface area contributed by atoms with Gasteiger partial charge in [0.1, 0.15) is 0 Å². The van der Waals surface area contributed by atoms with E-state index in [9.17, 15) is 4.79 Å². The fraction of sp³-hybridized carbons (Fsp3) is 0.952. The van der Waals surface area contributed by atoms with Gasteiger partial charge in [-0.05, 0) is 12.8 Å². The number of rotatable bonds is 18. The predicted molar refractivity (Wildman–Crippen MR) is 103 cm³/mol. The van der Waals surface area contributed by atoms with Crippen LogP contribution in [0.1, 0.15) is 117 Å². The van der Waals surface area contributed by atoms with Gasteiger partial charge in [-0.25, -0.2) is 4.79 Å². The number of carbonyl (C=O) groups excluding carboxylic acids is 1. The number of ether oxygens (including phenoxy) is 2. The van der Waals surface area contributed by atoms with Crippen LogP contribution in [0.4, 0.5) is 4.79 Å². The first-order valence-electron chi connectivity index (χ1n) is 10.6. The third-order valence-electron chi connectivity index (χ3n) is 4.44. The van der Waals surface area contributed by atoms with Crippen LogP contribution >= 0.6 is 0 Å². The van der Waals surface area contributed by atoms with Crippen molar-refractivity contribution >= 4 is 6.16 Å². The molecule has 0 aliphatic rings. The Balaban J connectivity index is 3.13. The van der Waals surface area contributed by atoms with Gasteiger partial charge in [0.05, 0.1) is 13.2 Å². The van der Waals surface area contributed by atoms with E-state index in [1.54, 1.807) is 0 Å². The first-order chi connectivity index (χ1) is 11.8. The quantitative estimate of drug-likeness (QED) is 0.192. The lowest BCUT2D eigenvalue weighted by molar-refractivity contribution is 0.0529. The third kappa shape index (κ3) is 19.3. The maximum Gasteiger partial charge on any atom is 0.508 e. The molecule has 0 amide bonds. The molecule has 0 saturated carbocycles. The van der Waals surface area contributed by atoms with Crippen molar-refractivity contribution in [2.75, 3.05) is 13.2 Å². The highest BCUT2D eigenvalue weighted by atomic mass is 16.7. The highest BCUT2D eigenvalue weighted by Gasteiger charge is 2.03. The molecule has 0 aromatic heterocycles. The van der Waals surface area contributed by atoms with Crippen molar-refractivity contribution in [2.24, 2.45) is 0 Å². The Morgan fingerprint density at radius 2 is 0.792 bits per heavy atom. The number of hydrogen-bond acceptors (Lipinski definition) is 3. The average Bonchev–Trinajstić information content (AvgIpc) is 2.59. The minimum Gasteiger partial charge on any atom is -0.434 e. The normalized spacial score (nSPS) is 10.8. The molecule has 144 valence electrons. The predicted octanol–water partition coefficient (Wildman–Crippen LogP) is 7.42. The van der Waals surface area contributed by atoms with Gasteiger partial charge >= 0.3 is 6.16 Å². The average molecular weight is 343 g/mol. The minimum atomic E-state index is -0.486.